The predicted molar refractivity (Wildman–Crippen MR) is 111 cm³/mol. The Kier molecular flexibility index (Phi) is 5.96. The number of nitriles is 1. The number of thioether (sulfide) groups is 1. The molecule has 1 aliphatic heterocycles. The van der Waals surface area contributed by atoms with Crippen molar-refractivity contribution in [3.63, 3.8) is 0 Å². The molecule has 1 saturated heterocycles. The van der Waals surface area contributed by atoms with Crippen LogP contribution in [0.15, 0.2) is 47.4 Å². The summed E-state index contributed by atoms with van der Waals surface area (Å²) >= 11 is 1.65. The fraction of sp³-hybridized carbons (Fsp3) is 0.300. The van der Waals surface area contributed by atoms with Crippen LogP contribution in [0.1, 0.15) is 21.5 Å². The number of hydrogen-bond acceptors (Lipinski definition) is 5. The van der Waals surface area contributed by atoms with Gasteiger partial charge in [0.1, 0.15) is 6.04 Å². The minimum atomic E-state index is -3.76. The molecule has 1 atom stereocenters. The molecule has 0 spiro atoms. The molecule has 6 nitrogen and oxygen atoms in total. The summed E-state index contributed by atoms with van der Waals surface area (Å²) in [5, 5.41) is 9.24. The molecule has 3 rings (SSSR count). The summed E-state index contributed by atoms with van der Waals surface area (Å²) < 4.78 is 27.8. The normalized spacial score (nSPS) is 17.0. The monoisotopic (exact) mass is 415 g/mol. The maximum absolute atomic E-state index is 12.7. The Morgan fingerprint density at radius 3 is 2.54 bits per heavy atom. The second-order valence-corrected chi connectivity index (χ2v) is 9.48. The number of nitrogens with one attached hydrogen (secondary N) is 1. The van der Waals surface area contributed by atoms with Gasteiger partial charge >= 0.3 is 0 Å². The lowest BCUT2D eigenvalue weighted by Gasteiger charge is -2.31. The van der Waals surface area contributed by atoms with Crippen LogP contribution in [-0.4, -0.2) is 43.3 Å². The highest BCUT2D eigenvalue weighted by atomic mass is 32.2. The third-order valence-corrected chi connectivity index (χ3v) is 7.13. The Balaban J connectivity index is 1.78. The van der Waals surface area contributed by atoms with Gasteiger partial charge in [-0.2, -0.15) is 17.0 Å². The number of rotatable bonds is 4. The maximum Gasteiger partial charge on any atom is 0.261 e. The SMILES string of the molecule is Cc1ccc(NS(=O)(=O)c2ccc(C(=O)N3CCSCC3C#N)cc2)cc1C. The van der Waals surface area contributed by atoms with Gasteiger partial charge in [0.05, 0.1) is 11.0 Å². The fourth-order valence-electron chi connectivity index (χ4n) is 2.92. The zero-order valence-electron chi connectivity index (χ0n) is 15.7. The van der Waals surface area contributed by atoms with Crippen LogP contribution >= 0.6 is 11.8 Å². The predicted octanol–water partition coefficient (Wildman–Crippen LogP) is 3.19. The molecule has 2 aromatic carbocycles. The number of sulfonamides is 1. The van der Waals surface area contributed by atoms with E-state index >= 15 is 0 Å². The van der Waals surface area contributed by atoms with Crippen molar-refractivity contribution in [2.24, 2.45) is 0 Å². The number of hydrogen-bond donors (Lipinski definition) is 1. The van der Waals surface area contributed by atoms with Gasteiger partial charge in [-0.05, 0) is 61.4 Å². The molecule has 1 N–H and O–H groups in total. The van der Waals surface area contributed by atoms with Crippen molar-refractivity contribution in [1.82, 2.24) is 4.90 Å². The Morgan fingerprint density at radius 1 is 1.18 bits per heavy atom. The molecule has 1 aliphatic rings. The standard InChI is InChI=1S/C20H21N3O3S2/c1-14-3-6-17(11-15(14)2)22-28(25,26)19-7-4-16(5-8-19)20(24)23-9-10-27-13-18(23)12-21/h3-8,11,18,22H,9-10,13H2,1-2H3. The molecule has 2 aromatic rings. The fourth-order valence-corrected chi connectivity index (χ4v) is 4.93. The van der Waals surface area contributed by atoms with Gasteiger partial charge in [-0.15, -0.1) is 0 Å². The van der Waals surface area contributed by atoms with E-state index in [-0.39, 0.29) is 10.8 Å². The highest BCUT2D eigenvalue weighted by Crippen LogP contribution is 2.22. The molecule has 0 bridgehead atoms. The van der Waals surface area contributed by atoms with Crippen molar-refractivity contribution in [2.45, 2.75) is 24.8 Å². The van der Waals surface area contributed by atoms with E-state index in [1.165, 1.54) is 24.3 Å². The second-order valence-electron chi connectivity index (χ2n) is 6.65. The first kappa shape index (κ1) is 20.2. The lowest BCUT2D eigenvalue weighted by molar-refractivity contribution is 0.0737. The lowest BCUT2D eigenvalue weighted by atomic mass is 10.1. The summed E-state index contributed by atoms with van der Waals surface area (Å²) in [5.41, 5.74) is 2.94. The summed E-state index contributed by atoms with van der Waals surface area (Å²) in [4.78, 5) is 14.3. The summed E-state index contributed by atoms with van der Waals surface area (Å²) in [6, 6.07) is 12.9. The molecule has 0 aliphatic carbocycles. The summed E-state index contributed by atoms with van der Waals surface area (Å²) in [6.45, 7) is 4.39. The van der Waals surface area contributed by atoms with E-state index in [2.05, 4.69) is 10.8 Å². The maximum atomic E-state index is 12.7. The first-order chi connectivity index (χ1) is 13.3. The summed E-state index contributed by atoms with van der Waals surface area (Å²) in [6.07, 6.45) is 0. The summed E-state index contributed by atoms with van der Waals surface area (Å²) in [5.74, 6) is 1.13. The van der Waals surface area contributed by atoms with Gasteiger partial charge in [0.2, 0.25) is 0 Å². The van der Waals surface area contributed by atoms with Gasteiger partial charge in [0.15, 0.2) is 0 Å². The van der Waals surface area contributed by atoms with Crippen molar-refractivity contribution in [1.29, 1.82) is 5.26 Å². The van der Waals surface area contributed by atoms with Crippen molar-refractivity contribution in [2.75, 3.05) is 22.8 Å². The number of benzene rings is 2. The van der Waals surface area contributed by atoms with Crippen molar-refractivity contribution in [3.05, 3.63) is 59.2 Å². The van der Waals surface area contributed by atoms with Gasteiger partial charge < -0.3 is 4.90 Å². The molecule has 8 heteroatoms. The van der Waals surface area contributed by atoms with E-state index < -0.39 is 16.1 Å². The first-order valence-electron chi connectivity index (χ1n) is 8.80. The minimum Gasteiger partial charge on any atom is -0.321 e. The molecule has 0 saturated carbocycles. The molecular weight excluding hydrogens is 394 g/mol. The van der Waals surface area contributed by atoms with E-state index in [9.17, 15) is 18.5 Å². The third-order valence-electron chi connectivity index (χ3n) is 4.71. The number of nitrogens with zero attached hydrogens (tertiary/aromatic N) is 2. The zero-order valence-corrected chi connectivity index (χ0v) is 17.3. The van der Waals surface area contributed by atoms with Gasteiger partial charge in [0, 0.05) is 29.3 Å². The van der Waals surface area contributed by atoms with Crippen LogP contribution in [0.4, 0.5) is 5.69 Å². The molecule has 1 unspecified atom stereocenters. The van der Waals surface area contributed by atoms with Gasteiger partial charge in [0.25, 0.3) is 15.9 Å². The molecule has 1 heterocycles. The van der Waals surface area contributed by atoms with Crippen LogP contribution in [0.25, 0.3) is 0 Å². The summed E-state index contributed by atoms with van der Waals surface area (Å²) in [7, 11) is -3.76. The van der Waals surface area contributed by atoms with Crippen molar-refractivity contribution < 1.29 is 13.2 Å². The average Bonchev–Trinajstić information content (AvgIpc) is 2.70. The molecule has 0 radical (unpaired) electrons. The van der Waals surface area contributed by atoms with Crippen LogP contribution in [0.3, 0.4) is 0 Å². The minimum absolute atomic E-state index is 0.0771. The highest BCUT2D eigenvalue weighted by molar-refractivity contribution is 7.99. The number of carbonyl (C=O) groups is 1. The van der Waals surface area contributed by atoms with Crippen LogP contribution in [0.2, 0.25) is 0 Å². The Labute approximate surface area is 169 Å². The van der Waals surface area contributed by atoms with Gasteiger partial charge in [-0.25, -0.2) is 8.42 Å². The van der Waals surface area contributed by atoms with Crippen molar-refractivity contribution >= 4 is 33.4 Å². The van der Waals surface area contributed by atoms with Crippen LogP contribution in [0, 0.1) is 25.2 Å². The first-order valence-corrected chi connectivity index (χ1v) is 11.4. The zero-order chi connectivity index (χ0) is 20.3. The quantitative estimate of drug-likeness (QED) is 0.828. The van der Waals surface area contributed by atoms with Crippen LogP contribution in [-0.2, 0) is 10.0 Å². The van der Waals surface area contributed by atoms with Crippen LogP contribution in [0.5, 0.6) is 0 Å². The van der Waals surface area contributed by atoms with Gasteiger partial charge in [-0.3, -0.25) is 9.52 Å². The highest BCUT2D eigenvalue weighted by Gasteiger charge is 2.28. The smallest absolute Gasteiger partial charge is 0.261 e. The molecule has 1 amide bonds. The van der Waals surface area contributed by atoms with E-state index in [0.29, 0.717) is 23.5 Å². The second kappa shape index (κ2) is 8.25. The average molecular weight is 416 g/mol. The topological polar surface area (TPSA) is 90.3 Å². The lowest BCUT2D eigenvalue weighted by Crippen LogP contribution is -2.45. The van der Waals surface area contributed by atoms with E-state index in [0.717, 1.165) is 16.9 Å². The van der Waals surface area contributed by atoms with E-state index in [4.69, 9.17) is 0 Å². The molecule has 28 heavy (non-hydrogen) atoms. The molecular formula is C20H21N3O3S2. The van der Waals surface area contributed by atoms with Crippen LogP contribution < -0.4 is 4.72 Å². The van der Waals surface area contributed by atoms with Crippen molar-refractivity contribution in [3.8, 4) is 6.07 Å². The number of amides is 1. The molecule has 0 aromatic heterocycles. The number of anilines is 1. The Morgan fingerprint density at radius 2 is 1.89 bits per heavy atom. The van der Waals surface area contributed by atoms with E-state index in [1.54, 1.807) is 28.8 Å². The Bertz CT molecular complexity index is 1030. The third kappa shape index (κ3) is 4.32. The number of aryl methyl sites for hydroxylation is 2. The molecule has 146 valence electrons. The Hall–Kier alpha value is -2.50. The van der Waals surface area contributed by atoms with E-state index in [1.807, 2.05) is 19.9 Å². The van der Waals surface area contributed by atoms with Gasteiger partial charge in [-0.1, -0.05) is 6.07 Å². The number of carbonyl (C=O) groups excluding carboxylic acids is 1. The largest absolute Gasteiger partial charge is 0.321 e. The molecule has 1 fully saturated rings.